The summed E-state index contributed by atoms with van der Waals surface area (Å²) >= 11 is 0. The van der Waals surface area contributed by atoms with E-state index >= 15 is 0 Å². The van der Waals surface area contributed by atoms with Gasteiger partial charge in [-0.3, -0.25) is 4.79 Å². The maximum atomic E-state index is 11.7. The Bertz CT molecular complexity index is 446. The molecule has 1 heterocycles. The first-order valence-corrected chi connectivity index (χ1v) is 5.88. The zero-order chi connectivity index (χ0) is 12.8. The SMILES string of the molecule is N#CCOc1ccc(NC(=O)CC2CNC2)cc1. The fraction of sp³-hybridized carbons (Fsp3) is 0.385. The van der Waals surface area contributed by atoms with Crippen LogP contribution >= 0.6 is 0 Å². The first kappa shape index (κ1) is 12.4. The third kappa shape index (κ3) is 3.47. The van der Waals surface area contributed by atoms with E-state index in [4.69, 9.17) is 10.00 Å². The lowest BCUT2D eigenvalue weighted by Gasteiger charge is -2.26. The van der Waals surface area contributed by atoms with Crippen molar-refractivity contribution in [1.29, 1.82) is 5.26 Å². The standard InChI is InChI=1S/C13H15N3O2/c14-5-6-18-12-3-1-11(2-4-12)16-13(17)7-10-8-15-9-10/h1-4,10,15H,6-9H2,(H,16,17). The molecule has 0 aromatic heterocycles. The first-order chi connectivity index (χ1) is 8.78. The van der Waals surface area contributed by atoms with E-state index in [-0.39, 0.29) is 12.5 Å². The van der Waals surface area contributed by atoms with E-state index in [0.717, 1.165) is 18.8 Å². The number of carbonyl (C=O) groups is 1. The van der Waals surface area contributed by atoms with Gasteiger partial charge in [0.25, 0.3) is 0 Å². The van der Waals surface area contributed by atoms with Crippen LogP contribution in [-0.2, 0) is 4.79 Å². The number of hydrogen-bond acceptors (Lipinski definition) is 4. The van der Waals surface area contributed by atoms with Crippen molar-refractivity contribution in [2.24, 2.45) is 5.92 Å². The molecule has 0 spiro atoms. The molecule has 94 valence electrons. The van der Waals surface area contributed by atoms with Gasteiger partial charge in [-0.1, -0.05) is 0 Å². The molecule has 1 aliphatic rings. The van der Waals surface area contributed by atoms with E-state index in [2.05, 4.69) is 10.6 Å². The Labute approximate surface area is 106 Å². The molecule has 0 saturated carbocycles. The molecule has 1 amide bonds. The van der Waals surface area contributed by atoms with Gasteiger partial charge in [-0.2, -0.15) is 5.26 Å². The van der Waals surface area contributed by atoms with E-state index < -0.39 is 0 Å². The number of nitriles is 1. The molecule has 1 fully saturated rings. The number of benzene rings is 1. The Morgan fingerprint density at radius 2 is 2.17 bits per heavy atom. The van der Waals surface area contributed by atoms with Crippen LogP contribution in [0.1, 0.15) is 6.42 Å². The van der Waals surface area contributed by atoms with E-state index in [9.17, 15) is 4.79 Å². The normalized spacial score (nSPS) is 14.4. The molecule has 0 aliphatic carbocycles. The van der Waals surface area contributed by atoms with Gasteiger partial charge in [0.15, 0.2) is 6.61 Å². The van der Waals surface area contributed by atoms with Crippen LogP contribution in [0.25, 0.3) is 0 Å². The maximum absolute atomic E-state index is 11.7. The quantitative estimate of drug-likeness (QED) is 0.815. The van der Waals surface area contributed by atoms with Gasteiger partial charge in [0.05, 0.1) is 0 Å². The molecule has 18 heavy (non-hydrogen) atoms. The third-order valence-corrected chi connectivity index (χ3v) is 2.78. The number of carbonyl (C=O) groups excluding carboxylic acids is 1. The number of anilines is 1. The Morgan fingerprint density at radius 3 is 2.72 bits per heavy atom. The van der Waals surface area contributed by atoms with E-state index in [1.54, 1.807) is 24.3 Å². The number of amides is 1. The van der Waals surface area contributed by atoms with Gasteiger partial charge in [-0.25, -0.2) is 0 Å². The van der Waals surface area contributed by atoms with Crippen molar-refractivity contribution in [3.05, 3.63) is 24.3 Å². The molecule has 5 heteroatoms. The maximum Gasteiger partial charge on any atom is 0.224 e. The van der Waals surface area contributed by atoms with Crippen molar-refractivity contribution in [3.8, 4) is 11.8 Å². The smallest absolute Gasteiger partial charge is 0.224 e. The molecule has 0 atom stereocenters. The summed E-state index contributed by atoms with van der Waals surface area (Å²) in [7, 11) is 0. The van der Waals surface area contributed by atoms with Crippen LogP contribution in [0.2, 0.25) is 0 Å². The summed E-state index contributed by atoms with van der Waals surface area (Å²) in [6, 6.07) is 8.90. The second-order valence-electron chi connectivity index (χ2n) is 4.25. The van der Waals surface area contributed by atoms with Crippen LogP contribution in [0.4, 0.5) is 5.69 Å². The highest BCUT2D eigenvalue weighted by Gasteiger charge is 2.19. The molecule has 0 radical (unpaired) electrons. The van der Waals surface area contributed by atoms with Crippen molar-refractivity contribution in [2.45, 2.75) is 6.42 Å². The Morgan fingerprint density at radius 1 is 1.44 bits per heavy atom. The minimum absolute atomic E-state index is 0.0282. The predicted molar refractivity (Wildman–Crippen MR) is 67.2 cm³/mol. The van der Waals surface area contributed by atoms with Gasteiger partial charge >= 0.3 is 0 Å². The zero-order valence-electron chi connectivity index (χ0n) is 9.98. The topological polar surface area (TPSA) is 74.1 Å². The van der Waals surface area contributed by atoms with Crippen LogP contribution < -0.4 is 15.4 Å². The van der Waals surface area contributed by atoms with E-state index in [0.29, 0.717) is 18.1 Å². The summed E-state index contributed by atoms with van der Waals surface area (Å²) in [5.41, 5.74) is 0.747. The van der Waals surface area contributed by atoms with Crippen molar-refractivity contribution in [1.82, 2.24) is 5.32 Å². The summed E-state index contributed by atoms with van der Waals surface area (Å²) in [5, 5.41) is 14.3. The Balaban J connectivity index is 1.81. The number of ether oxygens (including phenoxy) is 1. The van der Waals surface area contributed by atoms with Gasteiger partial charge in [0, 0.05) is 12.1 Å². The van der Waals surface area contributed by atoms with Crippen molar-refractivity contribution < 1.29 is 9.53 Å². The molecule has 1 aliphatic heterocycles. The highest BCUT2D eigenvalue weighted by atomic mass is 16.5. The third-order valence-electron chi connectivity index (χ3n) is 2.78. The Kier molecular flexibility index (Phi) is 4.15. The van der Waals surface area contributed by atoms with Crippen LogP contribution in [0.3, 0.4) is 0 Å². The highest BCUT2D eigenvalue weighted by molar-refractivity contribution is 5.90. The van der Waals surface area contributed by atoms with Crippen LogP contribution in [0.5, 0.6) is 5.75 Å². The lowest BCUT2D eigenvalue weighted by Crippen LogP contribution is -2.43. The molecular formula is C13H15N3O2. The molecule has 5 nitrogen and oxygen atoms in total. The van der Waals surface area contributed by atoms with E-state index in [1.165, 1.54) is 0 Å². The van der Waals surface area contributed by atoms with E-state index in [1.807, 2.05) is 6.07 Å². The molecule has 2 rings (SSSR count). The summed E-state index contributed by atoms with van der Waals surface area (Å²) < 4.78 is 5.12. The first-order valence-electron chi connectivity index (χ1n) is 5.88. The predicted octanol–water partition coefficient (Wildman–Crippen LogP) is 1.14. The zero-order valence-corrected chi connectivity index (χ0v) is 9.98. The summed E-state index contributed by atoms with van der Waals surface area (Å²) in [4.78, 5) is 11.7. The summed E-state index contributed by atoms with van der Waals surface area (Å²) in [6.45, 7) is 1.88. The molecule has 0 bridgehead atoms. The van der Waals surface area contributed by atoms with Gasteiger partial charge in [-0.05, 0) is 43.3 Å². The van der Waals surface area contributed by atoms with Crippen LogP contribution in [-0.4, -0.2) is 25.6 Å². The molecular weight excluding hydrogens is 230 g/mol. The second-order valence-corrected chi connectivity index (χ2v) is 4.25. The fourth-order valence-electron chi connectivity index (χ4n) is 1.72. The summed E-state index contributed by atoms with van der Waals surface area (Å²) in [5.74, 6) is 1.12. The van der Waals surface area contributed by atoms with Gasteiger partial charge in [0.2, 0.25) is 5.91 Å². The number of nitrogens with zero attached hydrogens (tertiary/aromatic N) is 1. The molecule has 1 saturated heterocycles. The number of nitrogens with one attached hydrogen (secondary N) is 2. The molecule has 0 unspecified atom stereocenters. The lowest BCUT2D eigenvalue weighted by molar-refractivity contribution is -0.117. The fourth-order valence-corrected chi connectivity index (χ4v) is 1.72. The van der Waals surface area contributed by atoms with Crippen LogP contribution in [0, 0.1) is 17.2 Å². The highest BCUT2D eigenvalue weighted by Crippen LogP contribution is 2.16. The van der Waals surface area contributed by atoms with Crippen molar-refractivity contribution >= 4 is 11.6 Å². The summed E-state index contributed by atoms with van der Waals surface area (Å²) in [6.07, 6.45) is 0.555. The van der Waals surface area contributed by atoms with Crippen molar-refractivity contribution in [2.75, 3.05) is 25.0 Å². The second kappa shape index (κ2) is 6.03. The Hall–Kier alpha value is -2.06. The molecule has 2 N–H and O–H groups in total. The minimum Gasteiger partial charge on any atom is -0.479 e. The minimum atomic E-state index is 0.0282. The lowest BCUT2D eigenvalue weighted by atomic mass is 9.99. The monoisotopic (exact) mass is 245 g/mol. The molecule has 1 aromatic rings. The van der Waals surface area contributed by atoms with Crippen LogP contribution in [0.15, 0.2) is 24.3 Å². The largest absolute Gasteiger partial charge is 0.479 e. The molecule has 1 aromatic carbocycles. The number of rotatable bonds is 5. The van der Waals surface area contributed by atoms with Crippen molar-refractivity contribution in [3.63, 3.8) is 0 Å². The number of hydrogen-bond donors (Lipinski definition) is 2. The van der Waals surface area contributed by atoms with Gasteiger partial charge < -0.3 is 15.4 Å². The van der Waals surface area contributed by atoms with Gasteiger partial charge in [0.1, 0.15) is 11.8 Å². The average Bonchev–Trinajstić information content (AvgIpc) is 2.33. The average molecular weight is 245 g/mol. The van der Waals surface area contributed by atoms with Gasteiger partial charge in [-0.15, -0.1) is 0 Å².